The Labute approximate surface area is 241 Å². The summed E-state index contributed by atoms with van der Waals surface area (Å²) in [5.41, 5.74) is 6.85. The van der Waals surface area contributed by atoms with Gasteiger partial charge in [-0.15, -0.1) is 0 Å². The third kappa shape index (κ3) is 8.25. The molecule has 11 heteroatoms. The minimum absolute atomic E-state index is 0.0617. The van der Waals surface area contributed by atoms with Gasteiger partial charge in [-0.25, -0.2) is 4.79 Å². The molecule has 6 N–H and O–H groups in total. The van der Waals surface area contributed by atoms with Crippen molar-refractivity contribution in [2.24, 2.45) is 17.6 Å². The summed E-state index contributed by atoms with van der Waals surface area (Å²) in [4.78, 5) is 24.8. The van der Waals surface area contributed by atoms with Crippen LogP contribution in [0.2, 0.25) is 0 Å². The summed E-state index contributed by atoms with van der Waals surface area (Å²) in [6.07, 6.45) is 2.95. The first-order chi connectivity index (χ1) is 19.3. The molecule has 1 aliphatic rings. The Morgan fingerprint density at radius 2 is 1.73 bits per heavy atom. The van der Waals surface area contributed by atoms with Crippen LogP contribution in [0.3, 0.4) is 0 Å². The van der Waals surface area contributed by atoms with Crippen LogP contribution in [0.5, 0.6) is 17.2 Å². The minimum Gasteiger partial charge on any atom is -0.505 e. The van der Waals surface area contributed by atoms with Crippen LogP contribution in [-0.4, -0.2) is 73.1 Å². The van der Waals surface area contributed by atoms with Gasteiger partial charge in [-0.05, 0) is 45.1 Å². The number of phenolic OH excluding ortho intramolecular Hbond substituents is 2. The van der Waals surface area contributed by atoms with E-state index in [1.54, 1.807) is 39.0 Å². The standard InChI is InChI=1S/C30H44N2O9/c1-15-12-20-26(35)23(19(5)25(34)28(20)40-8)32-29(36)16(2)10-9-11-21(38-6)27(41-30(31)37)18(4)14-17(3)24(33)22(13-15)39-7/h9-11,14-15,17,21-22,24,27,33-35H,12-13H2,1-8H3,(H2,31,37)(H,32,36)/b11-9+,16-10-,18-14+/t15-,17-,21+,22+,24-,27-/m1/s1. The quantitative estimate of drug-likeness (QED) is 0.203. The van der Waals surface area contributed by atoms with Gasteiger partial charge in [0.15, 0.2) is 17.6 Å². The first-order valence-electron chi connectivity index (χ1n) is 13.4. The maximum atomic E-state index is 13.1. The number of methoxy groups -OCH3 is 3. The number of amides is 2. The second kappa shape index (κ2) is 14.9. The first kappa shape index (κ1) is 33.7. The fourth-order valence-electron chi connectivity index (χ4n) is 5.02. The predicted molar refractivity (Wildman–Crippen MR) is 155 cm³/mol. The van der Waals surface area contributed by atoms with Gasteiger partial charge in [0.25, 0.3) is 5.91 Å². The van der Waals surface area contributed by atoms with Crippen molar-refractivity contribution in [3.8, 4) is 17.2 Å². The summed E-state index contributed by atoms with van der Waals surface area (Å²) in [6.45, 7) is 8.62. The Morgan fingerprint density at radius 1 is 1.07 bits per heavy atom. The van der Waals surface area contributed by atoms with Gasteiger partial charge in [-0.2, -0.15) is 0 Å². The van der Waals surface area contributed by atoms with Crippen molar-refractivity contribution in [3.05, 3.63) is 46.6 Å². The van der Waals surface area contributed by atoms with Gasteiger partial charge in [-0.3, -0.25) is 4.79 Å². The number of hydrogen-bond donors (Lipinski definition) is 5. The zero-order valence-corrected chi connectivity index (χ0v) is 25.1. The summed E-state index contributed by atoms with van der Waals surface area (Å²) in [7, 11) is 4.34. The molecule has 0 saturated heterocycles. The molecule has 11 nitrogen and oxygen atoms in total. The molecular formula is C30H44N2O9. The number of carbonyl (C=O) groups excluding carboxylic acids is 2. The number of carbonyl (C=O) groups is 2. The normalized spacial score (nSPS) is 29.8. The highest BCUT2D eigenvalue weighted by molar-refractivity contribution is 6.05. The molecule has 0 aliphatic carbocycles. The van der Waals surface area contributed by atoms with E-state index in [0.717, 1.165) is 0 Å². The highest BCUT2D eigenvalue weighted by Gasteiger charge is 2.31. The molecule has 0 aromatic heterocycles. The van der Waals surface area contributed by atoms with Crippen LogP contribution in [-0.2, 0) is 25.4 Å². The lowest BCUT2D eigenvalue weighted by molar-refractivity contribution is -0.112. The monoisotopic (exact) mass is 576 g/mol. The van der Waals surface area contributed by atoms with Crippen molar-refractivity contribution >= 4 is 17.7 Å². The van der Waals surface area contributed by atoms with Crippen molar-refractivity contribution in [1.29, 1.82) is 0 Å². The third-order valence-corrected chi connectivity index (χ3v) is 7.39. The second-order valence-electron chi connectivity index (χ2n) is 10.5. The van der Waals surface area contributed by atoms with Crippen LogP contribution in [0.1, 0.15) is 45.2 Å². The average Bonchev–Trinajstić information content (AvgIpc) is 2.92. The molecule has 1 aliphatic heterocycles. The Bertz CT molecular complexity index is 1190. The number of phenols is 2. The molecule has 1 aromatic carbocycles. The minimum atomic E-state index is -0.991. The van der Waals surface area contributed by atoms with E-state index in [1.807, 2.05) is 13.8 Å². The smallest absolute Gasteiger partial charge is 0.405 e. The van der Waals surface area contributed by atoms with Gasteiger partial charge in [-0.1, -0.05) is 38.2 Å². The zero-order valence-electron chi connectivity index (χ0n) is 25.1. The van der Waals surface area contributed by atoms with Crippen molar-refractivity contribution in [3.63, 3.8) is 0 Å². The van der Waals surface area contributed by atoms with E-state index in [9.17, 15) is 24.9 Å². The maximum absolute atomic E-state index is 13.1. The summed E-state index contributed by atoms with van der Waals surface area (Å²) < 4.78 is 22.0. The molecule has 1 aromatic rings. The van der Waals surface area contributed by atoms with Crippen molar-refractivity contribution in [2.45, 2.75) is 71.9 Å². The predicted octanol–water partition coefficient (Wildman–Crippen LogP) is 3.88. The van der Waals surface area contributed by atoms with Crippen LogP contribution < -0.4 is 15.8 Å². The summed E-state index contributed by atoms with van der Waals surface area (Å²) in [5.74, 6) is -1.40. The number of allylic oxidation sites excluding steroid dienone is 2. The van der Waals surface area contributed by atoms with Gasteiger partial charge >= 0.3 is 6.09 Å². The van der Waals surface area contributed by atoms with Gasteiger partial charge in [0.05, 0.1) is 25.0 Å². The number of nitrogens with one attached hydrogen (secondary N) is 1. The fourth-order valence-corrected chi connectivity index (χ4v) is 5.02. The molecule has 2 bridgehead atoms. The molecular weight excluding hydrogens is 532 g/mol. The fraction of sp³-hybridized carbons (Fsp3) is 0.533. The highest BCUT2D eigenvalue weighted by Crippen LogP contribution is 2.47. The van der Waals surface area contributed by atoms with E-state index in [-0.39, 0.29) is 46.4 Å². The summed E-state index contributed by atoms with van der Waals surface area (Å²) >= 11 is 0. The molecule has 0 radical (unpaired) electrons. The molecule has 2 rings (SSSR count). The molecule has 1 heterocycles. The SMILES string of the molecule is COc1c(O)c(C)c2c(O)c1C[C@@H](C)C[C@H](OC)[C@H](O)[C@H](C)/C=C(\C)[C@@H](OC(N)=O)[C@@H](OC)/C=C/C=C(/C)C(=O)N2. The number of benzene rings is 1. The molecule has 0 fully saturated rings. The number of primary amides is 1. The Hall–Kier alpha value is -3.54. The number of aliphatic hydroxyl groups excluding tert-OH is 1. The average molecular weight is 577 g/mol. The lowest BCUT2D eigenvalue weighted by Gasteiger charge is -2.29. The lowest BCUT2D eigenvalue weighted by Crippen LogP contribution is -2.37. The van der Waals surface area contributed by atoms with E-state index >= 15 is 0 Å². The number of nitrogens with two attached hydrogens (primary N) is 1. The molecule has 0 unspecified atom stereocenters. The van der Waals surface area contributed by atoms with Crippen molar-refractivity contribution < 1.29 is 43.9 Å². The van der Waals surface area contributed by atoms with Crippen LogP contribution in [0.25, 0.3) is 0 Å². The van der Waals surface area contributed by atoms with Gasteiger partial charge in [0.1, 0.15) is 11.9 Å². The number of aromatic hydroxyl groups is 2. The molecule has 0 saturated carbocycles. The molecule has 0 spiro atoms. The lowest BCUT2D eigenvalue weighted by atomic mass is 9.87. The van der Waals surface area contributed by atoms with Gasteiger partial charge < -0.3 is 45.3 Å². The van der Waals surface area contributed by atoms with Gasteiger partial charge in [0.2, 0.25) is 0 Å². The molecule has 2 amide bonds. The largest absolute Gasteiger partial charge is 0.505 e. The zero-order chi connectivity index (χ0) is 31.0. The van der Waals surface area contributed by atoms with Crippen LogP contribution in [0.4, 0.5) is 10.5 Å². The molecule has 228 valence electrons. The Balaban J connectivity index is 2.70. The van der Waals surface area contributed by atoms with E-state index in [0.29, 0.717) is 17.6 Å². The number of ether oxygens (including phenoxy) is 4. The van der Waals surface area contributed by atoms with Crippen molar-refractivity contribution in [2.75, 3.05) is 26.6 Å². The molecule has 41 heavy (non-hydrogen) atoms. The van der Waals surface area contributed by atoms with Crippen molar-refractivity contribution in [1.82, 2.24) is 0 Å². The third-order valence-electron chi connectivity index (χ3n) is 7.39. The molecule has 6 atom stereocenters. The topological polar surface area (TPSA) is 170 Å². The van der Waals surface area contributed by atoms with Crippen LogP contribution in [0.15, 0.2) is 35.5 Å². The number of rotatable bonds is 4. The highest BCUT2D eigenvalue weighted by atomic mass is 16.6. The Kier molecular flexibility index (Phi) is 12.2. The van der Waals surface area contributed by atoms with Crippen LogP contribution >= 0.6 is 0 Å². The van der Waals surface area contributed by atoms with Gasteiger partial charge in [0, 0.05) is 36.8 Å². The maximum Gasteiger partial charge on any atom is 0.405 e. The van der Waals surface area contributed by atoms with E-state index in [2.05, 4.69) is 5.32 Å². The number of anilines is 1. The first-order valence-corrected chi connectivity index (χ1v) is 13.4. The van der Waals surface area contributed by atoms with E-state index < -0.39 is 42.3 Å². The van der Waals surface area contributed by atoms with Crippen LogP contribution in [0, 0.1) is 18.8 Å². The number of fused-ring (bicyclic) bond motifs is 2. The van der Waals surface area contributed by atoms with E-state index in [1.165, 1.54) is 27.4 Å². The second-order valence-corrected chi connectivity index (χ2v) is 10.5. The van der Waals surface area contributed by atoms with E-state index in [4.69, 9.17) is 24.7 Å². The summed E-state index contributed by atoms with van der Waals surface area (Å²) in [6, 6.07) is 0. The summed E-state index contributed by atoms with van der Waals surface area (Å²) in [5, 5.41) is 36.0. The number of hydrogen-bond acceptors (Lipinski definition) is 9. The number of aliphatic hydroxyl groups is 1. The Morgan fingerprint density at radius 3 is 2.29 bits per heavy atom.